The fourth-order valence-corrected chi connectivity index (χ4v) is 1.41. The maximum Gasteiger partial charge on any atom is 0.406 e. The standard InChI is InChI=1S/C11H13F3N2O/c1-2-16(7-11(12,13)14)10(17)8-5-3-4-6-9(8)15/h3-6H,2,7,15H2,1H3. The summed E-state index contributed by atoms with van der Waals surface area (Å²) < 4.78 is 36.7. The van der Waals surface area contributed by atoms with E-state index in [2.05, 4.69) is 0 Å². The Balaban J connectivity index is 2.91. The Morgan fingerprint density at radius 3 is 2.41 bits per heavy atom. The van der Waals surface area contributed by atoms with E-state index in [1.165, 1.54) is 19.1 Å². The third-order valence-electron chi connectivity index (χ3n) is 2.23. The largest absolute Gasteiger partial charge is 0.406 e. The van der Waals surface area contributed by atoms with Crippen LogP contribution in [0.3, 0.4) is 0 Å². The van der Waals surface area contributed by atoms with Crippen LogP contribution in [0.4, 0.5) is 18.9 Å². The van der Waals surface area contributed by atoms with Gasteiger partial charge in [0.1, 0.15) is 6.54 Å². The molecule has 0 heterocycles. The van der Waals surface area contributed by atoms with Crippen molar-refractivity contribution in [2.24, 2.45) is 0 Å². The molecule has 6 heteroatoms. The van der Waals surface area contributed by atoms with Gasteiger partial charge in [0.15, 0.2) is 0 Å². The number of carbonyl (C=O) groups is 1. The number of carbonyl (C=O) groups excluding carboxylic acids is 1. The number of nitrogens with two attached hydrogens (primary N) is 1. The summed E-state index contributed by atoms with van der Waals surface area (Å²) in [7, 11) is 0. The second-order valence-electron chi connectivity index (χ2n) is 3.52. The van der Waals surface area contributed by atoms with Crippen LogP contribution >= 0.6 is 0 Å². The van der Waals surface area contributed by atoms with Crippen molar-refractivity contribution in [1.82, 2.24) is 4.90 Å². The van der Waals surface area contributed by atoms with Crippen molar-refractivity contribution in [3.63, 3.8) is 0 Å². The first kappa shape index (κ1) is 13.3. The quantitative estimate of drug-likeness (QED) is 0.832. The van der Waals surface area contributed by atoms with E-state index in [1.54, 1.807) is 12.1 Å². The normalized spacial score (nSPS) is 11.3. The minimum absolute atomic E-state index is 0.0212. The number of halogens is 3. The van der Waals surface area contributed by atoms with Gasteiger partial charge >= 0.3 is 6.18 Å². The number of nitrogens with zero attached hydrogens (tertiary/aromatic N) is 1. The molecule has 0 radical (unpaired) electrons. The molecular formula is C11H13F3N2O. The summed E-state index contributed by atoms with van der Waals surface area (Å²) in [5.74, 6) is -0.706. The van der Waals surface area contributed by atoms with Gasteiger partial charge in [0.25, 0.3) is 5.91 Å². The molecule has 94 valence electrons. The number of rotatable bonds is 3. The number of para-hydroxylation sites is 1. The van der Waals surface area contributed by atoms with Crippen LogP contribution in [-0.4, -0.2) is 30.1 Å². The predicted octanol–water partition coefficient (Wildman–Crippen LogP) is 2.29. The highest BCUT2D eigenvalue weighted by Gasteiger charge is 2.32. The second kappa shape index (κ2) is 5.07. The van der Waals surface area contributed by atoms with E-state index in [9.17, 15) is 18.0 Å². The van der Waals surface area contributed by atoms with E-state index in [1.807, 2.05) is 0 Å². The highest BCUT2D eigenvalue weighted by Crippen LogP contribution is 2.19. The Bertz CT molecular complexity index is 404. The van der Waals surface area contributed by atoms with Crippen molar-refractivity contribution >= 4 is 11.6 Å². The molecule has 0 aliphatic carbocycles. The number of alkyl halides is 3. The van der Waals surface area contributed by atoms with Crippen LogP contribution in [0.5, 0.6) is 0 Å². The average molecular weight is 246 g/mol. The Morgan fingerprint density at radius 2 is 1.94 bits per heavy atom. The SMILES string of the molecule is CCN(CC(F)(F)F)C(=O)c1ccccc1N. The van der Waals surface area contributed by atoms with Crippen molar-refractivity contribution in [2.75, 3.05) is 18.8 Å². The Labute approximate surface area is 97.0 Å². The molecule has 0 bridgehead atoms. The fourth-order valence-electron chi connectivity index (χ4n) is 1.41. The maximum atomic E-state index is 12.2. The lowest BCUT2D eigenvalue weighted by Gasteiger charge is -2.22. The lowest BCUT2D eigenvalue weighted by molar-refractivity contribution is -0.140. The molecule has 1 aromatic carbocycles. The Hall–Kier alpha value is -1.72. The van der Waals surface area contributed by atoms with Gasteiger partial charge in [-0.3, -0.25) is 4.79 Å². The number of hydrogen-bond donors (Lipinski definition) is 1. The number of anilines is 1. The monoisotopic (exact) mass is 246 g/mol. The molecule has 2 N–H and O–H groups in total. The molecule has 0 aliphatic rings. The van der Waals surface area contributed by atoms with Gasteiger partial charge in [0, 0.05) is 12.2 Å². The second-order valence-corrected chi connectivity index (χ2v) is 3.52. The van der Waals surface area contributed by atoms with Crippen LogP contribution < -0.4 is 5.73 Å². The molecule has 3 nitrogen and oxygen atoms in total. The number of benzene rings is 1. The maximum absolute atomic E-state index is 12.2. The third kappa shape index (κ3) is 3.65. The third-order valence-corrected chi connectivity index (χ3v) is 2.23. The molecule has 0 unspecified atom stereocenters. The zero-order chi connectivity index (χ0) is 13.1. The zero-order valence-corrected chi connectivity index (χ0v) is 9.29. The number of hydrogen-bond acceptors (Lipinski definition) is 2. The highest BCUT2D eigenvalue weighted by molar-refractivity contribution is 5.99. The van der Waals surface area contributed by atoms with E-state index in [4.69, 9.17) is 5.73 Å². The summed E-state index contributed by atoms with van der Waals surface area (Å²) in [6, 6.07) is 6.07. The molecule has 0 aromatic heterocycles. The molecule has 1 aromatic rings. The van der Waals surface area contributed by atoms with Crippen LogP contribution in [0.25, 0.3) is 0 Å². The van der Waals surface area contributed by atoms with Gasteiger partial charge < -0.3 is 10.6 Å². The number of nitrogen functional groups attached to an aromatic ring is 1. The summed E-state index contributed by atoms with van der Waals surface area (Å²) in [6.07, 6.45) is -4.41. The first-order valence-corrected chi connectivity index (χ1v) is 5.05. The first-order valence-electron chi connectivity index (χ1n) is 5.05. The summed E-state index contributed by atoms with van der Waals surface area (Å²) in [5, 5.41) is 0. The van der Waals surface area contributed by atoms with Crippen LogP contribution in [0.2, 0.25) is 0 Å². The molecule has 0 saturated carbocycles. The molecule has 0 fully saturated rings. The minimum atomic E-state index is -4.41. The summed E-state index contributed by atoms with van der Waals surface area (Å²) in [5.41, 5.74) is 5.82. The van der Waals surface area contributed by atoms with E-state index in [0.717, 1.165) is 0 Å². The van der Waals surface area contributed by atoms with Crippen LogP contribution in [-0.2, 0) is 0 Å². The van der Waals surface area contributed by atoms with Crippen LogP contribution in [0.1, 0.15) is 17.3 Å². The molecule has 1 rings (SSSR count). The number of amides is 1. The summed E-state index contributed by atoms with van der Waals surface area (Å²) >= 11 is 0. The minimum Gasteiger partial charge on any atom is -0.398 e. The highest BCUT2D eigenvalue weighted by atomic mass is 19.4. The van der Waals surface area contributed by atoms with Crippen molar-refractivity contribution in [1.29, 1.82) is 0 Å². The first-order chi connectivity index (χ1) is 7.85. The van der Waals surface area contributed by atoms with Gasteiger partial charge in [-0.25, -0.2) is 0 Å². The van der Waals surface area contributed by atoms with Crippen molar-refractivity contribution in [2.45, 2.75) is 13.1 Å². The molecule has 0 saturated heterocycles. The van der Waals surface area contributed by atoms with E-state index in [0.29, 0.717) is 4.90 Å². The fraction of sp³-hybridized carbons (Fsp3) is 0.364. The van der Waals surface area contributed by atoms with E-state index < -0.39 is 18.6 Å². The predicted molar refractivity (Wildman–Crippen MR) is 58.5 cm³/mol. The van der Waals surface area contributed by atoms with Crippen LogP contribution in [0.15, 0.2) is 24.3 Å². The molecule has 17 heavy (non-hydrogen) atoms. The molecule has 0 spiro atoms. The van der Waals surface area contributed by atoms with Crippen LogP contribution in [0, 0.1) is 0 Å². The topological polar surface area (TPSA) is 46.3 Å². The van der Waals surface area contributed by atoms with Gasteiger partial charge in [-0.2, -0.15) is 13.2 Å². The van der Waals surface area contributed by atoms with E-state index in [-0.39, 0.29) is 17.8 Å². The lowest BCUT2D eigenvalue weighted by atomic mass is 10.1. The zero-order valence-electron chi connectivity index (χ0n) is 9.29. The smallest absolute Gasteiger partial charge is 0.398 e. The van der Waals surface area contributed by atoms with Crippen molar-refractivity contribution < 1.29 is 18.0 Å². The summed E-state index contributed by atoms with van der Waals surface area (Å²) in [6.45, 7) is 0.201. The van der Waals surface area contributed by atoms with Gasteiger partial charge in [-0.05, 0) is 19.1 Å². The van der Waals surface area contributed by atoms with Crippen molar-refractivity contribution in [3.8, 4) is 0 Å². The molecular weight excluding hydrogens is 233 g/mol. The molecule has 0 atom stereocenters. The summed E-state index contributed by atoms with van der Waals surface area (Å²) in [4.78, 5) is 12.5. The van der Waals surface area contributed by atoms with Gasteiger partial charge in [-0.1, -0.05) is 12.1 Å². The van der Waals surface area contributed by atoms with E-state index >= 15 is 0 Å². The van der Waals surface area contributed by atoms with Gasteiger partial charge in [0.05, 0.1) is 5.56 Å². The molecule has 0 aliphatic heterocycles. The Kier molecular flexibility index (Phi) is 3.98. The van der Waals surface area contributed by atoms with Gasteiger partial charge in [0.2, 0.25) is 0 Å². The average Bonchev–Trinajstić information content (AvgIpc) is 2.24. The lowest BCUT2D eigenvalue weighted by Crippen LogP contribution is -2.39. The molecule has 1 amide bonds. The van der Waals surface area contributed by atoms with Gasteiger partial charge in [-0.15, -0.1) is 0 Å². The van der Waals surface area contributed by atoms with Crippen molar-refractivity contribution in [3.05, 3.63) is 29.8 Å². The Morgan fingerprint density at radius 1 is 1.35 bits per heavy atom.